The van der Waals surface area contributed by atoms with Crippen molar-refractivity contribution in [3.8, 4) is 11.1 Å². The van der Waals surface area contributed by atoms with Gasteiger partial charge in [0.25, 0.3) is 0 Å². The Labute approximate surface area is 180 Å². The largest absolute Gasteiger partial charge is 0.333 e. The van der Waals surface area contributed by atoms with Crippen molar-refractivity contribution in [1.29, 1.82) is 0 Å². The van der Waals surface area contributed by atoms with E-state index in [2.05, 4.69) is 15.2 Å². The van der Waals surface area contributed by atoms with Crippen LogP contribution in [0, 0.1) is 12.7 Å². The Kier molecular flexibility index (Phi) is 5.86. The molecular formula is C22H23FN4O3S. The number of amides is 1. The number of benzene rings is 1. The van der Waals surface area contributed by atoms with Crippen LogP contribution < -0.4 is 0 Å². The van der Waals surface area contributed by atoms with Crippen LogP contribution in [0.15, 0.2) is 53.8 Å². The van der Waals surface area contributed by atoms with Crippen LogP contribution in [0.5, 0.6) is 0 Å². The molecule has 0 unspecified atom stereocenters. The highest BCUT2D eigenvalue weighted by atomic mass is 32.2. The summed E-state index contributed by atoms with van der Waals surface area (Å²) in [7, 11) is -3.88. The number of hydrogen-bond acceptors (Lipinski definition) is 5. The molecule has 0 radical (unpaired) electrons. The lowest BCUT2D eigenvalue weighted by Gasteiger charge is -2.35. The summed E-state index contributed by atoms with van der Waals surface area (Å²) in [6.45, 7) is 2.42. The van der Waals surface area contributed by atoms with E-state index in [1.54, 1.807) is 23.5 Å². The van der Waals surface area contributed by atoms with Crippen LogP contribution in [0.1, 0.15) is 36.6 Å². The third kappa shape index (κ3) is 4.36. The molecule has 2 aromatic heterocycles. The molecule has 1 amide bonds. The Morgan fingerprint density at radius 1 is 1.16 bits per heavy atom. The highest BCUT2D eigenvalue weighted by Gasteiger charge is 2.33. The SMILES string of the molecule is Cc1cnccc1-c1cn[nH]c1[C@@H]1CCCCN1C(=O)CS(=O)(=O)c1ccc(F)cc1. The number of nitrogens with zero attached hydrogens (tertiary/aromatic N) is 3. The Morgan fingerprint density at radius 2 is 1.94 bits per heavy atom. The van der Waals surface area contributed by atoms with Gasteiger partial charge in [-0.2, -0.15) is 5.10 Å². The molecule has 3 heterocycles. The first kappa shape index (κ1) is 21.2. The number of sulfone groups is 1. The molecule has 1 aromatic carbocycles. The van der Waals surface area contributed by atoms with E-state index in [9.17, 15) is 17.6 Å². The van der Waals surface area contributed by atoms with Crippen LogP contribution >= 0.6 is 0 Å². The lowest BCUT2D eigenvalue weighted by atomic mass is 9.93. The Morgan fingerprint density at radius 3 is 2.68 bits per heavy atom. The molecule has 0 spiro atoms. The summed E-state index contributed by atoms with van der Waals surface area (Å²) in [5.41, 5.74) is 3.63. The average molecular weight is 443 g/mol. The second-order valence-electron chi connectivity index (χ2n) is 7.70. The summed E-state index contributed by atoms with van der Waals surface area (Å²) < 4.78 is 38.6. The standard InChI is InChI=1S/C22H23FN4O3S/c1-15-12-24-10-9-18(15)19-13-25-26-22(19)20-4-2-3-11-27(20)21(28)14-31(29,30)17-7-5-16(23)6-8-17/h5-10,12-13,20H,2-4,11,14H2,1H3,(H,25,26)/t20-/m0/s1. The van der Waals surface area contributed by atoms with Gasteiger partial charge in [-0.05, 0) is 67.6 Å². The number of hydrogen-bond donors (Lipinski definition) is 1. The van der Waals surface area contributed by atoms with E-state index in [1.807, 2.05) is 13.0 Å². The van der Waals surface area contributed by atoms with Crippen molar-refractivity contribution in [1.82, 2.24) is 20.1 Å². The van der Waals surface area contributed by atoms with Crippen LogP contribution in [0.2, 0.25) is 0 Å². The molecule has 1 fully saturated rings. The number of aromatic nitrogens is 3. The van der Waals surface area contributed by atoms with Crippen molar-refractivity contribution in [2.45, 2.75) is 37.1 Å². The lowest BCUT2D eigenvalue weighted by molar-refractivity contribution is -0.132. The highest BCUT2D eigenvalue weighted by molar-refractivity contribution is 7.92. The first-order valence-corrected chi connectivity index (χ1v) is 11.7. The van der Waals surface area contributed by atoms with Crippen LogP contribution in [0.25, 0.3) is 11.1 Å². The summed E-state index contributed by atoms with van der Waals surface area (Å²) in [6.07, 6.45) is 7.64. The molecule has 0 aliphatic carbocycles. The first-order chi connectivity index (χ1) is 14.9. The maximum absolute atomic E-state index is 13.2. The zero-order chi connectivity index (χ0) is 22.0. The molecule has 0 bridgehead atoms. The van der Waals surface area contributed by atoms with Gasteiger partial charge in [0, 0.05) is 24.5 Å². The maximum atomic E-state index is 13.2. The van der Waals surface area contributed by atoms with Crippen molar-refractivity contribution >= 4 is 15.7 Å². The molecule has 4 rings (SSSR count). The van der Waals surface area contributed by atoms with E-state index in [0.717, 1.165) is 47.4 Å². The predicted octanol–water partition coefficient (Wildman–Crippen LogP) is 3.45. The second kappa shape index (κ2) is 8.58. The minimum Gasteiger partial charge on any atom is -0.333 e. The van der Waals surface area contributed by atoms with Gasteiger partial charge >= 0.3 is 0 Å². The molecule has 7 nitrogen and oxygen atoms in total. The van der Waals surface area contributed by atoms with Crippen molar-refractivity contribution in [2.75, 3.05) is 12.3 Å². The number of aromatic amines is 1. The summed E-state index contributed by atoms with van der Waals surface area (Å²) in [6, 6.07) is 6.13. The molecule has 0 saturated carbocycles. The van der Waals surface area contributed by atoms with E-state index in [4.69, 9.17) is 0 Å². The van der Waals surface area contributed by atoms with Gasteiger partial charge in [0.2, 0.25) is 5.91 Å². The van der Waals surface area contributed by atoms with E-state index in [0.29, 0.717) is 13.0 Å². The van der Waals surface area contributed by atoms with Crippen molar-refractivity contribution in [2.24, 2.45) is 0 Å². The van der Waals surface area contributed by atoms with Crippen LogP contribution in [0.4, 0.5) is 4.39 Å². The first-order valence-electron chi connectivity index (χ1n) is 10.1. The fourth-order valence-corrected chi connectivity index (χ4v) is 5.25. The van der Waals surface area contributed by atoms with Crippen LogP contribution in [-0.4, -0.2) is 46.7 Å². The van der Waals surface area contributed by atoms with Gasteiger partial charge in [-0.15, -0.1) is 0 Å². The van der Waals surface area contributed by atoms with Crippen molar-refractivity contribution in [3.05, 3.63) is 66.0 Å². The number of carbonyl (C=O) groups excluding carboxylic acids is 1. The molecule has 1 aliphatic rings. The van der Waals surface area contributed by atoms with Gasteiger partial charge in [0.1, 0.15) is 11.6 Å². The van der Waals surface area contributed by atoms with E-state index < -0.39 is 27.3 Å². The number of piperidine rings is 1. The third-order valence-corrected chi connectivity index (χ3v) is 7.24. The molecule has 162 valence electrons. The van der Waals surface area contributed by atoms with Gasteiger partial charge in [-0.3, -0.25) is 14.9 Å². The van der Waals surface area contributed by atoms with Gasteiger partial charge in [-0.1, -0.05) is 0 Å². The molecule has 1 N–H and O–H groups in total. The maximum Gasteiger partial charge on any atom is 0.238 e. The monoisotopic (exact) mass is 442 g/mol. The smallest absolute Gasteiger partial charge is 0.238 e. The minimum absolute atomic E-state index is 0.0644. The number of pyridine rings is 1. The normalized spacial score (nSPS) is 17.0. The van der Waals surface area contributed by atoms with E-state index in [-0.39, 0.29) is 10.9 Å². The van der Waals surface area contributed by atoms with Crippen molar-refractivity contribution in [3.63, 3.8) is 0 Å². The summed E-state index contributed by atoms with van der Waals surface area (Å²) in [5, 5.41) is 7.23. The molecule has 1 aliphatic heterocycles. The highest BCUT2D eigenvalue weighted by Crippen LogP contribution is 2.36. The molecule has 1 atom stereocenters. The van der Waals surface area contributed by atoms with Gasteiger partial charge < -0.3 is 4.90 Å². The molecule has 3 aromatic rings. The molecule has 1 saturated heterocycles. The Bertz CT molecular complexity index is 1190. The average Bonchev–Trinajstić information content (AvgIpc) is 3.23. The number of likely N-dealkylation sites (tertiary alicyclic amines) is 1. The number of rotatable bonds is 5. The number of halogens is 1. The summed E-state index contributed by atoms with van der Waals surface area (Å²) in [5.74, 6) is -1.66. The number of carbonyl (C=O) groups is 1. The number of nitrogens with one attached hydrogen (secondary N) is 1. The van der Waals surface area contributed by atoms with Gasteiger partial charge in [0.15, 0.2) is 9.84 Å². The summed E-state index contributed by atoms with van der Waals surface area (Å²) >= 11 is 0. The zero-order valence-electron chi connectivity index (χ0n) is 17.1. The van der Waals surface area contributed by atoms with Crippen LogP contribution in [-0.2, 0) is 14.6 Å². The number of aryl methyl sites for hydroxylation is 1. The van der Waals surface area contributed by atoms with Gasteiger partial charge in [-0.25, -0.2) is 12.8 Å². The third-order valence-electron chi connectivity index (χ3n) is 5.62. The Hall–Kier alpha value is -3.07. The van der Waals surface area contributed by atoms with Crippen LogP contribution in [0.3, 0.4) is 0 Å². The molecular weight excluding hydrogens is 419 g/mol. The predicted molar refractivity (Wildman–Crippen MR) is 113 cm³/mol. The quantitative estimate of drug-likeness (QED) is 0.611. The fraction of sp³-hybridized carbons (Fsp3) is 0.318. The molecule has 31 heavy (non-hydrogen) atoms. The van der Waals surface area contributed by atoms with Crippen molar-refractivity contribution < 1.29 is 17.6 Å². The number of H-pyrrole nitrogens is 1. The fourth-order valence-electron chi connectivity index (χ4n) is 4.04. The van der Waals surface area contributed by atoms with Gasteiger partial charge in [0.05, 0.1) is 22.8 Å². The Balaban J connectivity index is 1.62. The molecule has 9 heteroatoms. The topological polar surface area (TPSA) is 96.0 Å². The second-order valence-corrected chi connectivity index (χ2v) is 9.69. The minimum atomic E-state index is -3.88. The zero-order valence-corrected chi connectivity index (χ0v) is 17.9. The van der Waals surface area contributed by atoms with E-state index in [1.165, 1.54) is 12.1 Å². The lowest BCUT2D eigenvalue weighted by Crippen LogP contribution is -2.41. The van der Waals surface area contributed by atoms with E-state index >= 15 is 0 Å². The summed E-state index contributed by atoms with van der Waals surface area (Å²) in [4.78, 5) is 18.8.